The number of para-hydroxylation sites is 1. The molecule has 0 aliphatic carbocycles. The highest BCUT2D eigenvalue weighted by Crippen LogP contribution is 2.43. The Balaban J connectivity index is 1.72. The summed E-state index contributed by atoms with van der Waals surface area (Å²) < 4.78 is 30.9. The maximum Gasteiger partial charge on any atom is 0.252 e. The van der Waals surface area contributed by atoms with Gasteiger partial charge in [0.05, 0.1) is 31.1 Å². The van der Waals surface area contributed by atoms with E-state index < -0.39 is 9.84 Å². The second-order valence-corrected chi connectivity index (χ2v) is 12.1. The van der Waals surface area contributed by atoms with Crippen LogP contribution in [0.3, 0.4) is 0 Å². The van der Waals surface area contributed by atoms with Crippen molar-refractivity contribution in [3.8, 4) is 5.75 Å². The zero-order valence-electron chi connectivity index (χ0n) is 17.5. The zero-order chi connectivity index (χ0) is 22.3. The third-order valence-electron chi connectivity index (χ3n) is 5.52. The first-order valence-corrected chi connectivity index (χ1v) is 13.3. The van der Waals surface area contributed by atoms with Gasteiger partial charge in [0.2, 0.25) is 0 Å². The topological polar surface area (TPSA) is 76.0 Å². The van der Waals surface area contributed by atoms with Crippen LogP contribution in [0.1, 0.15) is 16.7 Å². The number of ether oxygens (including phenoxy) is 1. The second-order valence-electron chi connectivity index (χ2n) is 7.84. The number of methoxy groups -OCH3 is 1. The van der Waals surface area contributed by atoms with E-state index in [9.17, 15) is 13.2 Å². The third-order valence-corrected chi connectivity index (χ3v) is 9.19. The molecule has 2 atom stereocenters. The Morgan fingerprint density at radius 3 is 2.58 bits per heavy atom. The smallest absolute Gasteiger partial charge is 0.252 e. The molecule has 0 saturated carbocycles. The van der Waals surface area contributed by atoms with E-state index in [0.717, 1.165) is 26.9 Å². The van der Waals surface area contributed by atoms with Crippen LogP contribution in [0.25, 0.3) is 0 Å². The molecule has 2 heterocycles. The number of amidine groups is 1. The van der Waals surface area contributed by atoms with Crippen molar-refractivity contribution in [2.24, 2.45) is 4.99 Å². The number of aliphatic imine (C=N–C) groups is 1. The minimum absolute atomic E-state index is 0.0688. The first-order valence-electron chi connectivity index (χ1n) is 9.85. The predicted octanol–water partition coefficient (Wildman–Crippen LogP) is 3.92. The van der Waals surface area contributed by atoms with Crippen molar-refractivity contribution in [2.45, 2.75) is 31.6 Å². The lowest BCUT2D eigenvalue weighted by atomic mass is 10.1. The van der Waals surface area contributed by atoms with Gasteiger partial charge in [-0.2, -0.15) is 4.99 Å². The molecule has 0 bridgehead atoms. The molecule has 31 heavy (non-hydrogen) atoms. The number of sulfone groups is 1. The van der Waals surface area contributed by atoms with Gasteiger partial charge in [-0.05, 0) is 43.2 Å². The minimum atomic E-state index is -3.12. The summed E-state index contributed by atoms with van der Waals surface area (Å²) in [6, 6.07) is 11.1. The molecule has 164 valence electrons. The van der Waals surface area contributed by atoms with Crippen LogP contribution in [-0.2, 0) is 21.1 Å². The number of carbonyl (C=O) groups excluding carboxylic acids is 1. The third kappa shape index (κ3) is 4.54. The van der Waals surface area contributed by atoms with Crippen LogP contribution in [0.5, 0.6) is 5.75 Å². The average molecular weight is 523 g/mol. The number of amides is 1. The van der Waals surface area contributed by atoms with Gasteiger partial charge in [0, 0.05) is 21.0 Å². The summed E-state index contributed by atoms with van der Waals surface area (Å²) in [6.07, 6.45) is 0.119. The van der Waals surface area contributed by atoms with E-state index >= 15 is 0 Å². The minimum Gasteiger partial charge on any atom is -0.496 e. The van der Waals surface area contributed by atoms with Crippen molar-refractivity contribution in [2.75, 3.05) is 23.5 Å². The van der Waals surface area contributed by atoms with E-state index in [1.165, 1.54) is 11.8 Å². The summed E-state index contributed by atoms with van der Waals surface area (Å²) in [7, 11) is -1.54. The molecule has 2 aromatic carbocycles. The molecular formula is C22H23BrN2O4S2. The molecule has 2 saturated heterocycles. The SMILES string of the molecule is COc1ccccc1CC(=O)N=C1S[C@@H]2CS(=O)(=O)C[C@H]2N1c1c(C)cc(Br)cc1C. The predicted molar refractivity (Wildman–Crippen MR) is 129 cm³/mol. The second kappa shape index (κ2) is 8.60. The van der Waals surface area contributed by atoms with Crippen LogP contribution in [0.4, 0.5) is 5.69 Å². The molecule has 2 aliphatic heterocycles. The molecule has 0 unspecified atom stereocenters. The van der Waals surface area contributed by atoms with Crippen molar-refractivity contribution < 1.29 is 17.9 Å². The maximum absolute atomic E-state index is 12.9. The van der Waals surface area contributed by atoms with Crippen molar-refractivity contribution in [3.63, 3.8) is 0 Å². The number of aryl methyl sites for hydroxylation is 2. The van der Waals surface area contributed by atoms with Crippen LogP contribution in [-0.4, -0.2) is 49.4 Å². The van der Waals surface area contributed by atoms with E-state index in [1.54, 1.807) is 7.11 Å². The maximum atomic E-state index is 12.9. The summed E-state index contributed by atoms with van der Waals surface area (Å²) in [6.45, 7) is 3.98. The van der Waals surface area contributed by atoms with Gasteiger partial charge in [-0.1, -0.05) is 45.9 Å². The van der Waals surface area contributed by atoms with Crippen LogP contribution >= 0.6 is 27.7 Å². The molecule has 0 spiro atoms. The Morgan fingerprint density at radius 2 is 1.90 bits per heavy atom. The Morgan fingerprint density at radius 1 is 1.23 bits per heavy atom. The first kappa shape index (κ1) is 22.4. The fraction of sp³-hybridized carbons (Fsp3) is 0.364. The zero-order valence-corrected chi connectivity index (χ0v) is 20.7. The summed E-state index contributed by atoms with van der Waals surface area (Å²) in [5.41, 5.74) is 3.70. The number of thioether (sulfide) groups is 1. The highest BCUT2D eigenvalue weighted by molar-refractivity contribution is 9.10. The van der Waals surface area contributed by atoms with E-state index in [0.29, 0.717) is 10.9 Å². The first-order chi connectivity index (χ1) is 14.7. The molecule has 2 fully saturated rings. The van der Waals surface area contributed by atoms with Gasteiger partial charge in [0.15, 0.2) is 15.0 Å². The Hall–Kier alpha value is -1.84. The van der Waals surface area contributed by atoms with E-state index in [2.05, 4.69) is 20.9 Å². The van der Waals surface area contributed by atoms with Gasteiger partial charge < -0.3 is 9.64 Å². The summed E-state index contributed by atoms with van der Waals surface area (Å²) in [5.74, 6) is 0.536. The molecule has 2 aliphatic rings. The number of fused-ring (bicyclic) bond motifs is 1. The number of hydrogen-bond donors (Lipinski definition) is 0. The highest BCUT2D eigenvalue weighted by atomic mass is 79.9. The standard InChI is InChI=1S/C22H23BrN2O4S2/c1-13-8-16(23)9-14(2)21(13)25-17-11-31(27,28)12-19(17)30-22(25)24-20(26)10-15-6-4-5-7-18(15)29-3/h4-9,17,19H,10-12H2,1-3H3/t17-,19-/m1/s1. The molecule has 1 amide bonds. The molecule has 2 aromatic rings. The molecular weight excluding hydrogens is 500 g/mol. The monoisotopic (exact) mass is 522 g/mol. The Bertz CT molecular complexity index is 1160. The van der Waals surface area contributed by atoms with E-state index in [-0.39, 0.29) is 35.1 Å². The fourth-order valence-corrected chi connectivity index (χ4v) is 8.87. The fourth-order valence-electron chi connectivity index (χ4n) is 4.27. The van der Waals surface area contributed by atoms with Gasteiger partial charge in [-0.3, -0.25) is 4.79 Å². The van der Waals surface area contributed by atoms with Crippen LogP contribution < -0.4 is 9.64 Å². The van der Waals surface area contributed by atoms with Gasteiger partial charge >= 0.3 is 0 Å². The Labute approximate surface area is 195 Å². The van der Waals surface area contributed by atoms with Crippen LogP contribution in [0.15, 0.2) is 45.9 Å². The van der Waals surface area contributed by atoms with Crippen molar-refractivity contribution in [1.29, 1.82) is 0 Å². The lowest BCUT2D eigenvalue weighted by Gasteiger charge is -2.28. The highest BCUT2D eigenvalue weighted by Gasteiger charge is 2.50. The Kier molecular flexibility index (Phi) is 6.20. The van der Waals surface area contributed by atoms with Crippen molar-refractivity contribution >= 4 is 54.3 Å². The average Bonchev–Trinajstić information content (AvgIpc) is 3.13. The number of rotatable bonds is 4. The van der Waals surface area contributed by atoms with Crippen molar-refractivity contribution in [1.82, 2.24) is 0 Å². The molecule has 9 heteroatoms. The number of benzene rings is 2. The van der Waals surface area contributed by atoms with Gasteiger partial charge in [-0.15, -0.1) is 0 Å². The van der Waals surface area contributed by atoms with E-state index in [4.69, 9.17) is 4.74 Å². The van der Waals surface area contributed by atoms with Crippen LogP contribution in [0.2, 0.25) is 0 Å². The lowest BCUT2D eigenvalue weighted by Crippen LogP contribution is -2.38. The van der Waals surface area contributed by atoms with Crippen molar-refractivity contribution in [3.05, 3.63) is 57.6 Å². The number of nitrogens with zero attached hydrogens (tertiary/aromatic N) is 2. The molecule has 0 radical (unpaired) electrons. The largest absolute Gasteiger partial charge is 0.496 e. The quantitative estimate of drug-likeness (QED) is 0.605. The number of halogens is 1. The summed E-state index contributed by atoms with van der Waals surface area (Å²) >= 11 is 4.91. The lowest BCUT2D eigenvalue weighted by molar-refractivity contribution is -0.117. The normalized spacial score (nSPS) is 23.2. The van der Waals surface area contributed by atoms with Gasteiger partial charge in [-0.25, -0.2) is 8.42 Å². The van der Waals surface area contributed by atoms with E-state index in [1.807, 2.05) is 55.1 Å². The number of hydrogen-bond acceptors (Lipinski definition) is 5. The number of carbonyl (C=O) groups is 1. The molecule has 0 aromatic heterocycles. The number of anilines is 1. The molecule has 4 rings (SSSR count). The van der Waals surface area contributed by atoms with Gasteiger partial charge in [0.25, 0.3) is 5.91 Å². The van der Waals surface area contributed by atoms with Crippen LogP contribution in [0, 0.1) is 13.8 Å². The molecule has 0 N–H and O–H groups in total. The molecule has 6 nitrogen and oxygen atoms in total. The summed E-state index contributed by atoms with van der Waals surface area (Å²) in [5, 5.41) is 0.434. The summed E-state index contributed by atoms with van der Waals surface area (Å²) in [4.78, 5) is 19.3. The van der Waals surface area contributed by atoms with Gasteiger partial charge in [0.1, 0.15) is 5.75 Å².